The summed E-state index contributed by atoms with van der Waals surface area (Å²) in [6.45, 7) is 5.66. The minimum Gasteiger partial charge on any atom is -0.327 e. The van der Waals surface area contributed by atoms with E-state index < -0.39 is 0 Å². The van der Waals surface area contributed by atoms with Crippen molar-refractivity contribution in [1.82, 2.24) is 4.90 Å². The van der Waals surface area contributed by atoms with E-state index in [1.165, 1.54) is 25.1 Å². The predicted octanol–water partition coefficient (Wildman–Crippen LogP) is 3.00. The van der Waals surface area contributed by atoms with Crippen molar-refractivity contribution < 1.29 is 0 Å². The second-order valence-electron chi connectivity index (χ2n) is 5.08. The summed E-state index contributed by atoms with van der Waals surface area (Å²) in [6.07, 6.45) is 3.48. The van der Waals surface area contributed by atoms with Crippen molar-refractivity contribution in [3.05, 3.63) is 21.3 Å². The van der Waals surface area contributed by atoms with Gasteiger partial charge >= 0.3 is 0 Å². The van der Waals surface area contributed by atoms with E-state index in [1.54, 1.807) is 11.3 Å². The van der Waals surface area contributed by atoms with Gasteiger partial charge < -0.3 is 10.6 Å². The van der Waals surface area contributed by atoms with Crippen molar-refractivity contribution in [3.8, 4) is 0 Å². The minimum atomic E-state index is 0.342. The van der Waals surface area contributed by atoms with Crippen LogP contribution in [-0.4, -0.2) is 30.6 Å². The molecule has 1 saturated heterocycles. The molecular formula is C13H21ClN2S. The van der Waals surface area contributed by atoms with Crippen molar-refractivity contribution in [1.29, 1.82) is 0 Å². The number of nitrogens with zero attached hydrogens (tertiary/aromatic N) is 1. The van der Waals surface area contributed by atoms with Crippen LogP contribution in [0.25, 0.3) is 0 Å². The van der Waals surface area contributed by atoms with Gasteiger partial charge in [0, 0.05) is 19.1 Å². The zero-order chi connectivity index (χ0) is 12.3. The second-order valence-corrected chi connectivity index (χ2v) is 6.63. The van der Waals surface area contributed by atoms with Crippen molar-refractivity contribution >= 4 is 22.9 Å². The van der Waals surface area contributed by atoms with Crippen LogP contribution >= 0.6 is 22.9 Å². The standard InChI is InChI=1S/C13H21ClN2S/c1-2-3-16-7-10(5-12(15)8-16)4-11-6-13(14)17-9-11/h6,9-10,12H,2-5,7-8,15H2,1H3. The molecular weight excluding hydrogens is 252 g/mol. The molecule has 1 aromatic rings. The summed E-state index contributed by atoms with van der Waals surface area (Å²) in [5, 5.41) is 2.17. The summed E-state index contributed by atoms with van der Waals surface area (Å²) in [7, 11) is 0. The SMILES string of the molecule is CCCN1CC(N)CC(Cc2csc(Cl)c2)C1. The van der Waals surface area contributed by atoms with E-state index in [0.29, 0.717) is 12.0 Å². The van der Waals surface area contributed by atoms with E-state index in [1.807, 2.05) is 0 Å². The second kappa shape index (κ2) is 6.19. The number of halogens is 1. The molecule has 0 spiro atoms. The first kappa shape index (κ1) is 13.3. The molecule has 0 aromatic carbocycles. The van der Waals surface area contributed by atoms with Crippen LogP contribution in [0.5, 0.6) is 0 Å². The highest BCUT2D eigenvalue weighted by Gasteiger charge is 2.24. The number of likely N-dealkylation sites (tertiary alicyclic amines) is 1. The van der Waals surface area contributed by atoms with Crippen LogP contribution in [0.4, 0.5) is 0 Å². The lowest BCUT2D eigenvalue weighted by Crippen LogP contribution is -2.47. The molecule has 1 fully saturated rings. The van der Waals surface area contributed by atoms with Gasteiger partial charge in [-0.1, -0.05) is 18.5 Å². The average Bonchev–Trinajstić information content (AvgIpc) is 2.63. The topological polar surface area (TPSA) is 29.3 Å². The van der Waals surface area contributed by atoms with Gasteiger partial charge in [-0.3, -0.25) is 0 Å². The number of hydrogen-bond acceptors (Lipinski definition) is 3. The third-order valence-electron chi connectivity index (χ3n) is 3.33. The normalized spacial score (nSPS) is 26.3. The highest BCUT2D eigenvalue weighted by atomic mass is 35.5. The predicted molar refractivity (Wildman–Crippen MR) is 75.8 cm³/mol. The smallest absolute Gasteiger partial charge is 0.0931 e. The first-order chi connectivity index (χ1) is 8.17. The summed E-state index contributed by atoms with van der Waals surface area (Å²) in [6, 6.07) is 2.44. The zero-order valence-electron chi connectivity index (χ0n) is 10.4. The lowest BCUT2D eigenvalue weighted by molar-refractivity contribution is 0.156. The number of thiophene rings is 1. The van der Waals surface area contributed by atoms with Gasteiger partial charge in [0.05, 0.1) is 4.34 Å². The maximum Gasteiger partial charge on any atom is 0.0931 e. The number of piperidine rings is 1. The molecule has 2 rings (SSSR count). The van der Waals surface area contributed by atoms with Crippen LogP contribution < -0.4 is 5.73 Å². The van der Waals surface area contributed by atoms with Crippen LogP contribution in [0.2, 0.25) is 4.34 Å². The Morgan fingerprint density at radius 1 is 1.53 bits per heavy atom. The molecule has 0 radical (unpaired) electrons. The molecule has 0 bridgehead atoms. The Morgan fingerprint density at radius 2 is 2.35 bits per heavy atom. The Labute approximate surface area is 113 Å². The van der Waals surface area contributed by atoms with E-state index in [4.69, 9.17) is 17.3 Å². The monoisotopic (exact) mass is 272 g/mol. The zero-order valence-corrected chi connectivity index (χ0v) is 11.9. The van der Waals surface area contributed by atoms with E-state index in [-0.39, 0.29) is 0 Å². The summed E-state index contributed by atoms with van der Waals surface area (Å²) >= 11 is 7.59. The molecule has 2 nitrogen and oxygen atoms in total. The Morgan fingerprint density at radius 3 is 3.00 bits per heavy atom. The fraction of sp³-hybridized carbons (Fsp3) is 0.692. The molecule has 1 aromatic heterocycles. The fourth-order valence-electron chi connectivity index (χ4n) is 2.78. The highest BCUT2D eigenvalue weighted by molar-refractivity contribution is 7.14. The molecule has 2 unspecified atom stereocenters. The number of rotatable bonds is 4. The Balaban J connectivity index is 1.91. The third kappa shape index (κ3) is 3.95. The van der Waals surface area contributed by atoms with E-state index in [2.05, 4.69) is 23.3 Å². The van der Waals surface area contributed by atoms with Gasteiger partial charge in [0.15, 0.2) is 0 Å². The molecule has 0 saturated carbocycles. The van der Waals surface area contributed by atoms with Gasteiger partial charge in [0.2, 0.25) is 0 Å². The highest BCUT2D eigenvalue weighted by Crippen LogP contribution is 2.25. The first-order valence-electron chi connectivity index (χ1n) is 6.38. The van der Waals surface area contributed by atoms with E-state index in [0.717, 1.165) is 23.7 Å². The van der Waals surface area contributed by atoms with Gasteiger partial charge in [0.1, 0.15) is 0 Å². The molecule has 1 aliphatic heterocycles. The summed E-state index contributed by atoms with van der Waals surface area (Å²) < 4.78 is 0.894. The Bertz CT molecular complexity index is 353. The van der Waals surface area contributed by atoms with Gasteiger partial charge in [-0.05, 0) is 48.7 Å². The average molecular weight is 273 g/mol. The number of hydrogen-bond donors (Lipinski definition) is 1. The van der Waals surface area contributed by atoms with Gasteiger partial charge in [-0.2, -0.15) is 0 Å². The molecule has 2 N–H and O–H groups in total. The third-order valence-corrected chi connectivity index (χ3v) is 4.47. The summed E-state index contributed by atoms with van der Waals surface area (Å²) in [4.78, 5) is 2.51. The lowest BCUT2D eigenvalue weighted by atomic mass is 9.90. The molecule has 2 atom stereocenters. The van der Waals surface area contributed by atoms with E-state index in [9.17, 15) is 0 Å². The van der Waals surface area contributed by atoms with Crippen LogP contribution in [-0.2, 0) is 6.42 Å². The van der Waals surface area contributed by atoms with Gasteiger partial charge in [-0.25, -0.2) is 0 Å². The maximum absolute atomic E-state index is 6.14. The molecule has 1 aliphatic rings. The lowest BCUT2D eigenvalue weighted by Gasteiger charge is -2.36. The molecule has 2 heterocycles. The summed E-state index contributed by atoms with van der Waals surface area (Å²) in [5.74, 6) is 0.691. The quantitative estimate of drug-likeness (QED) is 0.913. The molecule has 0 aliphatic carbocycles. The van der Waals surface area contributed by atoms with E-state index >= 15 is 0 Å². The van der Waals surface area contributed by atoms with Crippen LogP contribution in [0, 0.1) is 5.92 Å². The molecule has 96 valence electrons. The van der Waals surface area contributed by atoms with Crippen molar-refractivity contribution in [2.45, 2.75) is 32.2 Å². The maximum atomic E-state index is 6.14. The Hall–Kier alpha value is -0.0900. The molecule has 0 amide bonds. The summed E-state index contributed by atoms with van der Waals surface area (Å²) in [5.41, 5.74) is 7.51. The van der Waals surface area contributed by atoms with Crippen molar-refractivity contribution in [3.63, 3.8) is 0 Å². The fourth-order valence-corrected chi connectivity index (χ4v) is 3.70. The molecule has 17 heavy (non-hydrogen) atoms. The van der Waals surface area contributed by atoms with Crippen LogP contribution in [0.15, 0.2) is 11.4 Å². The van der Waals surface area contributed by atoms with Crippen molar-refractivity contribution in [2.24, 2.45) is 11.7 Å². The van der Waals surface area contributed by atoms with Crippen molar-refractivity contribution in [2.75, 3.05) is 19.6 Å². The largest absolute Gasteiger partial charge is 0.327 e. The minimum absolute atomic E-state index is 0.342. The molecule has 4 heteroatoms. The number of nitrogens with two attached hydrogens (primary N) is 1. The van der Waals surface area contributed by atoms with Gasteiger partial charge in [0.25, 0.3) is 0 Å². The Kier molecular flexibility index (Phi) is 4.86. The van der Waals surface area contributed by atoms with Gasteiger partial charge in [-0.15, -0.1) is 11.3 Å². The van der Waals surface area contributed by atoms with Crippen LogP contribution in [0.3, 0.4) is 0 Å². The van der Waals surface area contributed by atoms with Crippen LogP contribution in [0.1, 0.15) is 25.3 Å². The first-order valence-corrected chi connectivity index (χ1v) is 7.64.